The lowest BCUT2D eigenvalue weighted by molar-refractivity contribution is 0.0600. The highest BCUT2D eigenvalue weighted by Gasteiger charge is 2.20. The number of carbonyl (C=O) groups excluding carboxylic acids is 2. The van der Waals surface area contributed by atoms with E-state index in [-0.39, 0.29) is 28.6 Å². The number of esters is 1. The summed E-state index contributed by atoms with van der Waals surface area (Å²) in [7, 11) is -2.79. The van der Waals surface area contributed by atoms with Gasteiger partial charge in [-0.15, -0.1) is 11.3 Å². The normalized spacial score (nSPS) is 11.2. The lowest BCUT2D eigenvalue weighted by atomic mass is 10.1. The van der Waals surface area contributed by atoms with Gasteiger partial charge in [-0.1, -0.05) is 18.2 Å². The fourth-order valence-corrected chi connectivity index (χ4v) is 5.52. The first kappa shape index (κ1) is 23.4. The standard InChI is InChI=1S/C24H21N3O5S2/c1-15-8-10-33-22(15)23(28)26-14-16-11-18(24(29)32-2)13-19(12-16)27-34(30,31)20-7-3-5-17-6-4-9-25-21(17)20/h3-13,27H,14H2,1-2H3,(H,26,28). The van der Waals surface area contributed by atoms with Gasteiger partial charge in [-0.25, -0.2) is 13.2 Å². The summed E-state index contributed by atoms with van der Waals surface area (Å²) in [5, 5.41) is 5.32. The second-order valence-corrected chi connectivity index (χ2v) is 10.0. The monoisotopic (exact) mass is 495 g/mol. The van der Waals surface area contributed by atoms with E-state index in [1.54, 1.807) is 36.4 Å². The van der Waals surface area contributed by atoms with Crippen molar-refractivity contribution >= 4 is 49.8 Å². The molecule has 0 unspecified atom stereocenters. The number of hydrogen-bond donors (Lipinski definition) is 2. The minimum atomic E-state index is -4.03. The number of para-hydroxylation sites is 1. The van der Waals surface area contributed by atoms with E-state index in [1.807, 2.05) is 18.4 Å². The summed E-state index contributed by atoms with van der Waals surface area (Å²) in [6.07, 6.45) is 1.52. The highest BCUT2D eigenvalue weighted by atomic mass is 32.2. The Morgan fingerprint density at radius 1 is 1.09 bits per heavy atom. The van der Waals surface area contributed by atoms with Gasteiger partial charge in [-0.3, -0.25) is 14.5 Å². The number of thiophene rings is 1. The molecule has 0 aliphatic heterocycles. The van der Waals surface area contributed by atoms with Crippen molar-refractivity contribution < 1.29 is 22.7 Å². The zero-order valence-corrected chi connectivity index (χ0v) is 20.0. The fourth-order valence-electron chi connectivity index (χ4n) is 3.46. The van der Waals surface area contributed by atoms with E-state index < -0.39 is 16.0 Å². The molecule has 10 heteroatoms. The summed E-state index contributed by atoms with van der Waals surface area (Å²) in [6.45, 7) is 1.93. The lowest BCUT2D eigenvalue weighted by Gasteiger charge is -2.13. The van der Waals surface area contributed by atoms with E-state index in [1.165, 1.54) is 36.8 Å². The van der Waals surface area contributed by atoms with Crippen molar-refractivity contribution in [1.82, 2.24) is 10.3 Å². The van der Waals surface area contributed by atoms with Crippen LogP contribution in [0.15, 0.2) is 71.1 Å². The molecule has 4 rings (SSSR count). The molecule has 2 heterocycles. The van der Waals surface area contributed by atoms with Crippen LogP contribution in [-0.2, 0) is 21.3 Å². The van der Waals surface area contributed by atoms with Crippen LogP contribution in [-0.4, -0.2) is 32.4 Å². The molecular formula is C24H21N3O5S2. The Labute approximate surface area is 200 Å². The van der Waals surface area contributed by atoms with Gasteiger partial charge in [0.1, 0.15) is 4.90 Å². The van der Waals surface area contributed by atoms with Gasteiger partial charge in [0.15, 0.2) is 0 Å². The topological polar surface area (TPSA) is 114 Å². The molecule has 34 heavy (non-hydrogen) atoms. The van der Waals surface area contributed by atoms with Crippen molar-refractivity contribution in [3.63, 3.8) is 0 Å². The number of carbonyl (C=O) groups is 2. The molecule has 4 aromatic rings. The van der Waals surface area contributed by atoms with Gasteiger partial charge in [-0.2, -0.15) is 0 Å². The first-order valence-corrected chi connectivity index (χ1v) is 12.6. The third kappa shape index (κ3) is 4.92. The third-order valence-corrected chi connectivity index (χ3v) is 7.50. The minimum absolute atomic E-state index is 0.0112. The molecule has 8 nitrogen and oxygen atoms in total. The average Bonchev–Trinajstić information content (AvgIpc) is 3.27. The largest absolute Gasteiger partial charge is 0.465 e. The van der Waals surface area contributed by atoms with Gasteiger partial charge in [0, 0.05) is 18.1 Å². The predicted molar refractivity (Wildman–Crippen MR) is 131 cm³/mol. The Morgan fingerprint density at radius 2 is 1.88 bits per heavy atom. The Morgan fingerprint density at radius 3 is 2.62 bits per heavy atom. The SMILES string of the molecule is COC(=O)c1cc(CNC(=O)c2sccc2C)cc(NS(=O)(=O)c2cccc3cccnc23)c1. The van der Waals surface area contributed by atoms with Crippen LogP contribution in [0.25, 0.3) is 10.9 Å². The van der Waals surface area contributed by atoms with Crippen molar-refractivity contribution in [3.05, 3.63) is 87.7 Å². The number of pyridine rings is 1. The molecular weight excluding hydrogens is 474 g/mol. The number of nitrogens with one attached hydrogen (secondary N) is 2. The average molecular weight is 496 g/mol. The Balaban J connectivity index is 1.65. The van der Waals surface area contributed by atoms with Crippen LogP contribution in [0.5, 0.6) is 0 Å². The summed E-state index contributed by atoms with van der Waals surface area (Å²) in [5.41, 5.74) is 2.03. The van der Waals surface area contributed by atoms with E-state index >= 15 is 0 Å². The Bertz CT molecular complexity index is 1490. The second-order valence-electron chi connectivity index (χ2n) is 7.46. The van der Waals surface area contributed by atoms with Gasteiger partial charge < -0.3 is 10.1 Å². The van der Waals surface area contributed by atoms with Crippen molar-refractivity contribution in [2.45, 2.75) is 18.4 Å². The molecule has 0 saturated carbocycles. The predicted octanol–water partition coefficient (Wildman–Crippen LogP) is 4.12. The van der Waals surface area contributed by atoms with E-state index in [0.717, 1.165) is 5.56 Å². The number of hydrogen-bond acceptors (Lipinski definition) is 7. The molecule has 0 aliphatic rings. The number of rotatable bonds is 7. The van der Waals surface area contributed by atoms with Crippen molar-refractivity contribution in [3.8, 4) is 0 Å². The van der Waals surface area contributed by atoms with E-state index in [0.29, 0.717) is 21.3 Å². The second kappa shape index (κ2) is 9.62. The third-order valence-electron chi connectivity index (χ3n) is 5.07. The van der Waals surface area contributed by atoms with Crippen LogP contribution in [0.2, 0.25) is 0 Å². The van der Waals surface area contributed by atoms with Gasteiger partial charge in [0.2, 0.25) is 0 Å². The van der Waals surface area contributed by atoms with Crippen LogP contribution < -0.4 is 10.0 Å². The minimum Gasteiger partial charge on any atom is -0.465 e. The number of aromatic nitrogens is 1. The van der Waals surface area contributed by atoms with Crippen LogP contribution in [0, 0.1) is 6.92 Å². The van der Waals surface area contributed by atoms with Gasteiger partial charge in [0.25, 0.3) is 15.9 Å². The van der Waals surface area contributed by atoms with E-state index in [4.69, 9.17) is 4.74 Å². The number of methoxy groups -OCH3 is 1. The summed E-state index contributed by atoms with van der Waals surface area (Å²) >= 11 is 1.33. The van der Waals surface area contributed by atoms with Crippen molar-refractivity contribution in [2.24, 2.45) is 0 Å². The zero-order chi connectivity index (χ0) is 24.3. The molecule has 2 aromatic carbocycles. The molecule has 0 bridgehead atoms. The van der Waals surface area contributed by atoms with Crippen molar-refractivity contribution in [2.75, 3.05) is 11.8 Å². The Hall–Kier alpha value is -3.76. The van der Waals surface area contributed by atoms with Gasteiger partial charge in [-0.05, 0) is 59.8 Å². The highest BCUT2D eigenvalue weighted by molar-refractivity contribution is 7.93. The summed E-state index contributed by atoms with van der Waals surface area (Å²) in [4.78, 5) is 29.5. The molecule has 2 N–H and O–H groups in total. The van der Waals surface area contributed by atoms with Crippen molar-refractivity contribution in [1.29, 1.82) is 0 Å². The van der Waals surface area contributed by atoms with Crippen LogP contribution in [0.3, 0.4) is 0 Å². The maximum atomic E-state index is 13.2. The lowest BCUT2D eigenvalue weighted by Crippen LogP contribution is -2.23. The quantitative estimate of drug-likeness (QED) is 0.373. The summed E-state index contributed by atoms with van der Waals surface area (Å²) in [6, 6.07) is 14.7. The smallest absolute Gasteiger partial charge is 0.337 e. The number of amides is 1. The molecule has 1 amide bonds. The zero-order valence-electron chi connectivity index (χ0n) is 18.4. The van der Waals surface area contributed by atoms with Gasteiger partial charge in [0.05, 0.1) is 28.8 Å². The molecule has 0 spiro atoms. The molecule has 2 aromatic heterocycles. The van der Waals surface area contributed by atoms with Gasteiger partial charge >= 0.3 is 5.97 Å². The number of nitrogens with zero attached hydrogens (tertiary/aromatic N) is 1. The van der Waals surface area contributed by atoms with Crippen LogP contribution in [0.4, 0.5) is 5.69 Å². The maximum Gasteiger partial charge on any atom is 0.337 e. The van der Waals surface area contributed by atoms with E-state index in [9.17, 15) is 18.0 Å². The molecule has 0 saturated heterocycles. The summed E-state index contributed by atoms with van der Waals surface area (Å²) in [5.74, 6) is -0.880. The number of benzene rings is 2. The van der Waals surface area contributed by atoms with Crippen LogP contribution >= 0.6 is 11.3 Å². The van der Waals surface area contributed by atoms with E-state index in [2.05, 4.69) is 15.0 Å². The summed E-state index contributed by atoms with van der Waals surface area (Å²) < 4.78 is 33.7. The molecule has 0 atom stereocenters. The molecule has 0 aliphatic carbocycles. The highest BCUT2D eigenvalue weighted by Crippen LogP contribution is 2.25. The van der Waals surface area contributed by atoms with Crippen LogP contribution in [0.1, 0.15) is 31.2 Å². The number of ether oxygens (including phenoxy) is 1. The first-order valence-electron chi connectivity index (χ1n) is 10.2. The fraction of sp³-hybridized carbons (Fsp3) is 0.125. The molecule has 0 radical (unpaired) electrons. The number of fused-ring (bicyclic) bond motifs is 1. The molecule has 174 valence electrons. The number of anilines is 1. The number of sulfonamides is 1. The first-order chi connectivity index (χ1) is 16.3. The molecule has 0 fully saturated rings. The number of aryl methyl sites for hydroxylation is 1. The Kier molecular flexibility index (Phi) is 6.62. The maximum absolute atomic E-state index is 13.2.